The van der Waals surface area contributed by atoms with Crippen LogP contribution >= 0.6 is 0 Å². The highest BCUT2D eigenvalue weighted by molar-refractivity contribution is 5.19. The number of hydrogen-bond acceptors (Lipinski definition) is 4. The number of nitrogens with two attached hydrogens (primary N) is 1. The quantitative estimate of drug-likeness (QED) is 0.621. The molecule has 2 rings (SSSR count). The van der Waals surface area contributed by atoms with Gasteiger partial charge in [-0.1, -0.05) is 0 Å². The number of nitrogen functional groups attached to an aromatic ring is 1. The van der Waals surface area contributed by atoms with Crippen LogP contribution in [0.3, 0.4) is 0 Å². The Bertz CT molecular complexity index is 250. The molecule has 5 nitrogen and oxygen atoms in total. The van der Waals surface area contributed by atoms with E-state index in [1.54, 1.807) is 11.0 Å². The minimum Gasteiger partial charge on any atom is -0.381 e. The Hall–Kier alpha value is -1.10. The van der Waals surface area contributed by atoms with Crippen molar-refractivity contribution < 1.29 is 0 Å². The molecule has 0 aliphatic carbocycles. The summed E-state index contributed by atoms with van der Waals surface area (Å²) in [4.78, 5) is 1.67. The third-order valence-electron chi connectivity index (χ3n) is 2.14. The SMILES string of the molecule is Nc1cnn(CC2CCNC2)n1. The number of nitrogens with one attached hydrogen (secondary N) is 1. The van der Waals surface area contributed by atoms with Crippen LogP contribution in [-0.2, 0) is 6.54 Å². The van der Waals surface area contributed by atoms with Crippen molar-refractivity contribution in [1.82, 2.24) is 20.3 Å². The number of rotatable bonds is 2. The molecule has 5 heteroatoms. The Labute approximate surface area is 70.9 Å². The molecular weight excluding hydrogens is 154 g/mol. The summed E-state index contributed by atoms with van der Waals surface area (Å²) in [6.07, 6.45) is 2.80. The monoisotopic (exact) mass is 167 g/mol. The van der Waals surface area contributed by atoms with E-state index in [2.05, 4.69) is 15.5 Å². The molecule has 0 amide bonds. The lowest BCUT2D eigenvalue weighted by molar-refractivity contribution is 0.412. The maximum atomic E-state index is 5.44. The number of hydrogen-bond donors (Lipinski definition) is 2. The van der Waals surface area contributed by atoms with E-state index in [0.29, 0.717) is 11.7 Å². The number of anilines is 1. The van der Waals surface area contributed by atoms with Gasteiger partial charge in [-0.3, -0.25) is 0 Å². The fraction of sp³-hybridized carbons (Fsp3) is 0.714. The van der Waals surface area contributed by atoms with Crippen LogP contribution in [0.5, 0.6) is 0 Å². The summed E-state index contributed by atoms with van der Waals surface area (Å²) in [6, 6.07) is 0. The third kappa shape index (κ3) is 1.55. The number of aromatic nitrogens is 3. The van der Waals surface area contributed by atoms with Crippen LogP contribution in [0.25, 0.3) is 0 Å². The molecule has 0 bridgehead atoms. The first-order valence-electron chi connectivity index (χ1n) is 4.21. The van der Waals surface area contributed by atoms with E-state index in [0.717, 1.165) is 19.6 Å². The zero-order valence-corrected chi connectivity index (χ0v) is 6.90. The van der Waals surface area contributed by atoms with Crippen molar-refractivity contribution in [1.29, 1.82) is 0 Å². The van der Waals surface area contributed by atoms with Gasteiger partial charge in [0.05, 0.1) is 12.7 Å². The van der Waals surface area contributed by atoms with Gasteiger partial charge in [0.1, 0.15) is 0 Å². The zero-order valence-electron chi connectivity index (χ0n) is 6.90. The van der Waals surface area contributed by atoms with E-state index in [-0.39, 0.29) is 0 Å². The predicted octanol–water partition coefficient (Wildman–Crippen LogP) is -0.530. The second kappa shape index (κ2) is 3.10. The second-order valence-electron chi connectivity index (χ2n) is 3.18. The molecule has 12 heavy (non-hydrogen) atoms. The minimum absolute atomic E-state index is 0.501. The van der Waals surface area contributed by atoms with Crippen LogP contribution in [0, 0.1) is 5.92 Å². The van der Waals surface area contributed by atoms with Crippen molar-refractivity contribution in [2.45, 2.75) is 13.0 Å². The molecule has 1 saturated heterocycles. The van der Waals surface area contributed by atoms with Gasteiger partial charge in [0.25, 0.3) is 0 Å². The van der Waals surface area contributed by atoms with Gasteiger partial charge in [-0.2, -0.15) is 9.90 Å². The van der Waals surface area contributed by atoms with Crippen LogP contribution in [0.15, 0.2) is 6.20 Å². The van der Waals surface area contributed by atoms with Crippen LogP contribution in [0.4, 0.5) is 5.82 Å². The van der Waals surface area contributed by atoms with E-state index in [4.69, 9.17) is 5.73 Å². The van der Waals surface area contributed by atoms with Crippen molar-refractivity contribution in [3.05, 3.63) is 6.20 Å². The molecular formula is C7H13N5. The molecule has 0 saturated carbocycles. The largest absolute Gasteiger partial charge is 0.381 e. The summed E-state index contributed by atoms with van der Waals surface area (Å²) in [6.45, 7) is 3.06. The second-order valence-corrected chi connectivity index (χ2v) is 3.18. The lowest BCUT2D eigenvalue weighted by Gasteiger charge is -2.05. The summed E-state index contributed by atoms with van der Waals surface area (Å²) in [5, 5.41) is 11.4. The molecule has 0 radical (unpaired) electrons. The Morgan fingerprint density at radius 2 is 2.67 bits per heavy atom. The molecule has 1 aromatic rings. The van der Waals surface area contributed by atoms with Crippen molar-refractivity contribution in [2.24, 2.45) is 5.92 Å². The average molecular weight is 167 g/mol. The summed E-state index contributed by atoms with van der Waals surface area (Å²) >= 11 is 0. The van der Waals surface area contributed by atoms with E-state index in [9.17, 15) is 0 Å². The maximum absolute atomic E-state index is 5.44. The van der Waals surface area contributed by atoms with Gasteiger partial charge >= 0.3 is 0 Å². The van der Waals surface area contributed by atoms with E-state index >= 15 is 0 Å². The van der Waals surface area contributed by atoms with Gasteiger partial charge in [-0.05, 0) is 25.4 Å². The summed E-state index contributed by atoms with van der Waals surface area (Å²) in [7, 11) is 0. The highest BCUT2D eigenvalue weighted by atomic mass is 15.5. The summed E-state index contributed by atoms with van der Waals surface area (Å²) in [5.74, 6) is 1.16. The summed E-state index contributed by atoms with van der Waals surface area (Å²) in [5.41, 5.74) is 5.44. The standard InChI is InChI=1S/C7H13N5/c8-7-4-10-12(11-7)5-6-1-2-9-3-6/h4,6,9H,1-3,5H2,(H2,8,11). The normalized spacial score (nSPS) is 23.2. The fourth-order valence-electron chi connectivity index (χ4n) is 1.50. The van der Waals surface area contributed by atoms with Crippen molar-refractivity contribution in [3.8, 4) is 0 Å². The topological polar surface area (TPSA) is 68.8 Å². The van der Waals surface area contributed by atoms with Crippen LogP contribution in [-0.4, -0.2) is 28.1 Å². The molecule has 1 atom stereocenters. The van der Waals surface area contributed by atoms with E-state index in [1.807, 2.05) is 0 Å². The fourth-order valence-corrected chi connectivity index (χ4v) is 1.50. The van der Waals surface area contributed by atoms with Crippen molar-refractivity contribution >= 4 is 5.82 Å². The Morgan fingerprint density at radius 3 is 3.25 bits per heavy atom. The number of nitrogens with zero attached hydrogens (tertiary/aromatic N) is 3. The molecule has 1 aliphatic heterocycles. The molecule has 0 spiro atoms. The highest BCUT2D eigenvalue weighted by Crippen LogP contribution is 2.09. The Balaban J connectivity index is 1.94. The molecule has 1 aromatic heterocycles. The summed E-state index contributed by atoms with van der Waals surface area (Å²) < 4.78 is 0. The van der Waals surface area contributed by atoms with Gasteiger partial charge in [0.15, 0.2) is 5.82 Å². The van der Waals surface area contributed by atoms with Gasteiger partial charge in [-0.15, -0.1) is 5.10 Å². The molecule has 1 unspecified atom stereocenters. The Kier molecular flexibility index (Phi) is 1.95. The molecule has 1 aliphatic rings. The molecule has 2 heterocycles. The first kappa shape index (κ1) is 7.54. The van der Waals surface area contributed by atoms with Crippen LogP contribution in [0.1, 0.15) is 6.42 Å². The molecule has 66 valence electrons. The van der Waals surface area contributed by atoms with Gasteiger partial charge in [0, 0.05) is 0 Å². The van der Waals surface area contributed by atoms with E-state index < -0.39 is 0 Å². The van der Waals surface area contributed by atoms with Gasteiger partial charge < -0.3 is 11.1 Å². The lowest BCUT2D eigenvalue weighted by atomic mass is 10.1. The average Bonchev–Trinajstić information content (AvgIpc) is 2.63. The van der Waals surface area contributed by atoms with Crippen molar-refractivity contribution in [2.75, 3.05) is 18.8 Å². The lowest BCUT2D eigenvalue weighted by Crippen LogP contribution is -2.16. The smallest absolute Gasteiger partial charge is 0.165 e. The molecule has 1 fully saturated rings. The minimum atomic E-state index is 0.501. The molecule has 3 N–H and O–H groups in total. The van der Waals surface area contributed by atoms with Crippen molar-refractivity contribution in [3.63, 3.8) is 0 Å². The molecule has 0 aromatic carbocycles. The Morgan fingerprint density at radius 1 is 1.75 bits per heavy atom. The van der Waals surface area contributed by atoms with Gasteiger partial charge in [0.2, 0.25) is 0 Å². The maximum Gasteiger partial charge on any atom is 0.165 e. The van der Waals surface area contributed by atoms with E-state index in [1.165, 1.54) is 6.42 Å². The van der Waals surface area contributed by atoms with Crippen LogP contribution < -0.4 is 11.1 Å². The highest BCUT2D eigenvalue weighted by Gasteiger charge is 2.15. The predicted molar refractivity (Wildman–Crippen MR) is 45.4 cm³/mol. The van der Waals surface area contributed by atoms with Gasteiger partial charge in [-0.25, -0.2) is 0 Å². The first-order valence-corrected chi connectivity index (χ1v) is 4.21. The zero-order chi connectivity index (χ0) is 8.39. The first-order chi connectivity index (χ1) is 5.84. The van der Waals surface area contributed by atoms with Crippen LogP contribution in [0.2, 0.25) is 0 Å². The third-order valence-corrected chi connectivity index (χ3v) is 2.14.